The van der Waals surface area contributed by atoms with E-state index in [-0.39, 0.29) is 12.5 Å². The van der Waals surface area contributed by atoms with E-state index in [0.717, 1.165) is 9.35 Å². The highest BCUT2D eigenvalue weighted by molar-refractivity contribution is 9.10. The lowest BCUT2D eigenvalue weighted by molar-refractivity contribution is -0.146. The van der Waals surface area contributed by atoms with Crippen LogP contribution in [0.3, 0.4) is 0 Å². The smallest absolute Gasteiger partial charge is 0.333 e. The van der Waals surface area contributed by atoms with Gasteiger partial charge in [0.1, 0.15) is 0 Å². The molecule has 0 saturated heterocycles. The van der Waals surface area contributed by atoms with E-state index in [0.29, 0.717) is 17.0 Å². The first-order valence-electron chi connectivity index (χ1n) is 7.67. The Morgan fingerprint density at radius 3 is 2.36 bits per heavy atom. The van der Waals surface area contributed by atoms with Crippen molar-refractivity contribution in [2.75, 3.05) is 27.4 Å². The third kappa shape index (κ3) is 4.90. The van der Waals surface area contributed by atoms with Crippen LogP contribution in [0.15, 0.2) is 40.9 Å². The molecule has 25 heavy (non-hydrogen) atoms. The van der Waals surface area contributed by atoms with Gasteiger partial charge >= 0.3 is 5.97 Å². The third-order valence-electron chi connectivity index (χ3n) is 3.67. The number of carbonyl (C=O) groups is 2. The number of carbonyl (C=O) groups excluding carboxylic acids is 2. The van der Waals surface area contributed by atoms with Gasteiger partial charge in [-0.1, -0.05) is 28.1 Å². The number of hydrogen-bond donors (Lipinski definition) is 0. The Morgan fingerprint density at radius 2 is 1.84 bits per heavy atom. The predicted octanol–water partition coefficient (Wildman–Crippen LogP) is 3.82. The van der Waals surface area contributed by atoms with Crippen LogP contribution in [0.25, 0.3) is 0 Å². The van der Waals surface area contributed by atoms with Crippen molar-refractivity contribution in [2.45, 2.75) is 13.0 Å². The maximum absolute atomic E-state index is 13.0. The second kappa shape index (κ2) is 9.12. The number of hydrogen-bond acceptors (Lipinski definition) is 5. The Morgan fingerprint density at radius 1 is 1.16 bits per heavy atom. The lowest BCUT2D eigenvalue weighted by Crippen LogP contribution is -2.41. The minimum atomic E-state index is -0.830. The van der Waals surface area contributed by atoms with Crippen LogP contribution in [0.1, 0.15) is 26.2 Å². The van der Waals surface area contributed by atoms with E-state index in [1.54, 1.807) is 25.3 Å². The van der Waals surface area contributed by atoms with Gasteiger partial charge in [-0.15, -0.1) is 11.3 Å². The fourth-order valence-electron chi connectivity index (χ4n) is 2.43. The van der Waals surface area contributed by atoms with Crippen LogP contribution in [-0.4, -0.2) is 44.1 Å². The Bertz CT molecular complexity index is 729. The molecule has 1 amide bonds. The van der Waals surface area contributed by atoms with Gasteiger partial charge in [0, 0.05) is 23.0 Å². The summed E-state index contributed by atoms with van der Waals surface area (Å²) in [6.45, 7) is 2.54. The summed E-state index contributed by atoms with van der Waals surface area (Å²) in [5.74, 6) is -0.700. The van der Waals surface area contributed by atoms with Crippen molar-refractivity contribution in [1.82, 2.24) is 4.90 Å². The summed E-state index contributed by atoms with van der Waals surface area (Å²) >= 11 is 4.78. The topological polar surface area (TPSA) is 55.8 Å². The van der Waals surface area contributed by atoms with Gasteiger partial charge in [-0.05, 0) is 36.8 Å². The summed E-state index contributed by atoms with van der Waals surface area (Å²) in [5, 5.41) is 0. The normalized spacial score (nSPS) is 11.8. The molecule has 1 heterocycles. The second-order valence-corrected chi connectivity index (χ2v) is 7.58. The summed E-state index contributed by atoms with van der Waals surface area (Å²) in [6.07, 6.45) is 0. The molecule has 0 fully saturated rings. The molecule has 0 aliphatic rings. The fourth-order valence-corrected chi connectivity index (χ4v) is 3.52. The quantitative estimate of drug-likeness (QED) is 0.632. The van der Waals surface area contributed by atoms with Crippen molar-refractivity contribution >= 4 is 39.1 Å². The highest BCUT2D eigenvalue weighted by atomic mass is 79.9. The van der Waals surface area contributed by atoms with Crippen molar-refractivity contribution in [3.05, 3.63) is 56.2 Å². The first-order valence-corrected chi connectivity index (χ1v) is 9.28. The van der Waals surface area contributed by atoms with Crippen molar-refractivity contribution in [3.8, 4) is 0 Å². The number of nitrogens with zero attached hydrogens (tertiary/aromatic N) is 1. The number of ether oxygens (including phenoxy) is 2. The number of rotatable bonds is 7. The Kier molecular flexibility index (Phi) is 7.16. The van der Waals surface area contributed by atoms with E-state index in [9.17, 15) is 9.59 Å². The van der Waals surface area contributed by atoms with E-state index in [1.807, 2.05) is 25.1 Å². The van der Waals surface area contributed by atoms with Crippen molar-refractivity contribution < 1.29 is 19.1 Å². The summed E-state index contributed by atoms with van der Waals surface area (Å²) in [5.41, 5.74) is 0.688. The Balaban J connectivity index is 2.43. The van der Waals surface area contributed by atoms with Crippen LogP contribution in [0, 0.1) is 6.92 Å². The molecule has 2 aromatic rings. The molecule has 134 valence electrons. The number of amides is 1. The first-order chi connectivity index (χ1) is 12.0. The molecule has 0 N–H and O–H groups in total. The molecule has 1 aromatic carbocycles. The van der Waals surface area contributed by atoms with Crippen LogP contribution in [0.2, 0.25) is 0 Å². The van der Waals surface area contributed by atoms with Crippen LogP contribution in [0.5, 0.6) is 0 Å². The van der Waals surface area contributed by atoms with Crippen molar-refractivity contribution in [1.29, 1.82) is 0 Å². The highest BCUT2D eigenvalue weighted by Gasteiger charge is 2.33. The number of halogens is 1. The largest absolute Gasteiger partial charge is 0.467 e. The molecule has 1 unspecified atom stereocenters. The van der Waals surface area contributed by atoms with Crippen LogP contribution < -0.4 is 0 Å². The van der Waals surface area contributed by atoms with Gasteiger partial charge in [0.2, 0.25) is 0 Å². The molecule has 1 atom stereocenters. The standard InChI is InChI=1S/C18H20BrNO4S/c1-12-4-9-15(25-12)17(21)20(10-11-23-2)16(18(22)24-3)13-5-7-14(19)8-6-13/h4-9,16H,10-11H2,1-3H3. The molecule has 0 saturated carbocycles. The van der Waals surface area contributed by atoms with Gasteiger partial charge in [-0.3, -0.25) is 4.79 Å². The summed E-state index contributed by atoms with van der Waals surface area (Å²) < 4.78 is 11.0. The molecule has 0 spiro atoms. The van der Waals surface area contributed by atoms with Gasteiger partial charge in [-0.25, -0.2) is 4.79 Å². The maximum Gasteiger partial charge on any atom is 0.333 e. The summed E-state index contributed by atoms with van der Waals surface area (Å²) in [6, 6.07) is 10.1. The number of benzene rings is 1. The van der Waals surface area contributed by atoms with Crippen molar-refractivity contribution in [3.63, 3.8) is 0 Å². The molecule has 1 aromatic heterocycles. The Labute approximate surface area is 159 Å². The van der Waals surface area contributed by atoms with E-state index < -0.39 is 12.0 Å². The van der Waals surface area contributed by atoms with Gasteiger partial charge in [-0.2, -0.15) is 0 Å². The van der Waals surface area contributed by atoms with Crippen LogP contribution in [-0.2, 0) is 14.3 Å². The van der Waals surface area contributed by atoms with Crippen LogP contribution in [0.4, 0.5) is 0 Å². The fraction of sp³-hybridized carbons (Fsp3) is 0.333. The molecule has 7 heteroatoms. The highest BCUT2D eigenvalue weighted by Crippen LogP contribution is 2.27. The van der Waals surface area contributed by atoms with E-state index >= 15 is 0 Å². The number of methoxy groups -OCH3 is 2. The number of aryl methyl sites for hydroxylation is 1. The predicted molar refractivity (Wildman–Crippen MR) is 101 cm³/mol. The average Bonchev–Trinajstić information content (AvgIpc) is 3.05. The monoisotopic (exact) mass is 425 g/mol. The molecule has 0 aliphatic heterocycles. The molecule has 5 nitrogen and oxygen atoms in total. The van der Waals surface area contributed by atoms with Gasteiger partial charge in [0.05, 0.1) is 18.6 Å². The average molecular weight is 426 g/mol. The molecule has 0 bridgehead atoms. The van der Waals surface area contributed by atoms with Gasteiger partial charge in [0.25, 0.3) is 5.91 Å². The van der Waals surface area contributed by atoms with E-state index in [2.05, 4.69) is 15.9 Å². The second-order valence-electron chi connectivity index (χ2n) is 5.38. The van der Waals surface area contributed by atoms with Crippen molar-refractivity contribution in [2.24, 2.45) is 0 Å². The number of esters is 1. The minimum absolute atomic E-state index is 0.214. The third-order valence-corrected chi connectivity index (χ3v) is 5.19. The first kappa shape index (κ1) is 19.6. The number of thiophene rings is 1. The van der Waals surface area contributed by atoms with E-state index in [4.69, 9.17) is 9.47 Å². The zero-order valence-electron chi connectivity index (χ0n) is 14.3. The lowest BCUT2D eigenvalue weighted by atomic mass is 10.0. The Hall–Kier alpha value is -1.70. The van der Waals surface area contributed by atoms with Gasteiger partial charge in [0.15, 0.2) is 6.04 Å². The molecule has 0 radical (unpaired) electrons. The summed E-state index contributed by atoms with van der Waals surface area (Å²) in [7, 11) is 2.88. The zero-order valence-corrected chi connectivity index (χ0v) is 16.7. The SMILES string of the molecule is COCCN(C(=O)c1ccc(C)s1)C(C(=O)OC)c1ccc(Br)cc1. The molecule has 2 rings (SSSR count). The lowest BCUT2D eigenvalue weighted by Gasteiger charge is -2.29. The zero-order chi connectivity index (χ0) is 18.4. The molecular formula is C18H20BrNO4S. The van der Waals surface area contributed by atoms with E-state index in [1.165, 1.54) is 23.3 Å². The summed E-state index contributed by atoms with van der Waals surface area (Å²) in [4.78, 5) is 28.6. The maximum atomic E-state index is 13.0. The molecular weight excluding hydrogens is 406 g/mol. The van der Waals surface area contributed by atoms with Gasteiger partial charge < -0.3 is 14.4 Å². The minimum Gasteiger partial charge on any atom is -0.467 e. The molecule has 0 aliphatic carbocycles. The van der Waals surface area contributed by atoms with Crippen LogP contribution >= 0.6 is 27.3 Å².